The summed E-state index contributed by atoms with van der Waals surface area (Å²) in [7, 11) is 0. The van der Waals surface area contributed by atoms with E-state index < -0.39 is 39.3 Å². The van der Waals surface area contributed by atoms with E-state index in [0.29, 0.717) is 49.7 Å². The van der Waals surface area contributed by atoms with Crippen molar-refractivity contribution in [1.82, 2.24) is 0 Å². The number of hydrogen-bond donors (Lipinski definition) is 0. The third-order valence-electron chi connectivity index (χ3n) is 10.6. The highest BCUT2D eigenvalue weighted by molar-refractivity contribution is 7.36. The molecule has 0 radical (unpaired) electrons. The van der Waals surface area contributed by atoms with Gasteiger partial charge in [-0.25, -0.2) is 19.6 Å². The second kappa shape index (κ2) is 14.6. The zero-order chi connectivity index (χ0) is 42.3. The van der Waals surface area contributed by atoms with Crippen LogP contribution in [0.3, 0.4) is 0 Å². The summed E-state index contributed by atoms with van der Waals surface area (Å²) in [6, 6.07) is 34.5. The van der Waals surface area contributed by atoms with Gasteiger partial charge in [0.25, 0.3) is 0 Å². The van der Waals surface area contributed by atoms with Gasteiger partial charge in [-0.05, 0) is 23.3 Å². The largest absolute Gasteiger partial charge is 0.457 e. The molecular weight excluding hydrogens is 865 g/mol. The van der Waals surface area contributed by atoms with Crippen molar-refractivity contribution in [2.45, 2.75) is 18.8 Å². The van der Waals surface area contributed by atoms with Gasteiger partial charge in [-0.15, -0.1) is 45.3 Å². The second-order valence-corrected chi connectivity index (χ2v) is 18.5. The highest BCUT2D eigenvalue weighted by Crippen LogP contribution is 2.61. The zero-order valence-electron chi connectivity index (χ0n) is 31.7. The molecule has 1 aliphatic heterocycles. The standard InChI is InChI=1S/C47H24N2O9S4/c50-36-25-15-7-8-16-26(25)37(51)34(36)48-31-19-29-41(61-31)33-43(59-29)44-40(42-30(60-44)20-32(62-42)49-35-38(52)27-17-9-10-18-28(27)39(35)53)58-47(33,45(54)56-21-23-11-3-1-4-12-23)46(55)57-22-24-13-5-2-6-14-24/h1-20H,21-22H2. The molecule has 0 spiro atoms. The summed E-state index contributed by atoms with van der Waals surface area (Å²) in [6.07, 6.45) is 0. The number of ether oxygens (including phenoxy) is 3. The Morgan fingerprint density at radius 3 is 1.39 bits per heavy atom. The van der Waals surface area contributed by atoms with Crippen LogP contribution in [0, 0.1) is 0 Å². The third-order valence-corrected chi connectivity index (χ3v) is 15.4. The second-order valence-electron chi connectivity index (χ2n) is 14.4. The van der Waals surface area contributed by atoms with Crippen LogP contribution in [0.5, 0.6) is 5.75 Å². The lowest BCUT2D eigenvalue weighted by atomic mass is 9.90. The molecule has 11 nitrogen and oxygen atoms in total. The molecule has 11 rings (SSSR count). The average molecular weight is 889 g/mol. The minimum Gasteiger partial charge on any atom is -0.457 e. The topological polar surface area (TPSA) is 155 Å². The maximum atomic E-state index is 15.0. The first kappa shape index (κ1) is 37.9. The van der Waals surface area contributed by atoms with Crippen LogP contribution in [0.25, 0.3) is 50.1 Å². The van der Waals surface area contributed by atoms with Crippen LogP contribution in [0.4, 0.5) is 10.0 Å². The molecule has 0 fully saturated rings. The van der Waals surface area contributed by atoms with Gasteiger partial charge in [0.05, 0.1) is 29.4 Å². The summed E-state index contributed by atoms with van der Waals surface area (Å²) in [5, 5.41) is 1.34. The van der Waals surface area contributed by atoms with Crippen molar-refractivity contribution in [3.8, 4) is 15.5 Å². The van der Waals surface area contributed by atoms with E-state index in [1.54, 1.807) is 109 Å². The van der Waals surface area contributed by atoms with Crippen LogP contribution in [-0.2, 0) is 37.9 Å². The molecule has 0 aliphatic carbocycles. The SMILES string of the molecule is O=C(OCc1ccccc1)C1(C(=O)OCc2ccccc2)Oc2c(sc3cc(N=c4c(=O)c5ccccc5c4=O)sc23)-c2sc3cc(N=c4c(=O)c5ccccc5c4=O)sc3c21. The Kier molecular flexibility index (Phi) is 8.90. The Bertz CT molecular complexity index is 3670. The van der Waals surface area contributed by atoms with Gasteiger partial charge in [-0.2, -0.15) is 0 Å². The van der Waals surface area contributed by atoms with Crippen molar-refractivity contribution in [1.29, 1.82) is 0 Å². The van der Waals surface area contributed by atoms with Crippen LogP contribution >= 0.6 is 45.3 Å². The number of fused-ring (bicyclic) bond motifs is 9. The molecule has 0 atom stereocenters. The Hall–Kier alpha value is -7.04. The first-order valence-electron chi connectivity index (χ1n) is 19.0. The Labute approximate surface area is 363 Å². The van der Waals surface area contributed by atoms with Crippen LogP contribution in [0.2, 0.25) is 0 Å². The minimum absolute atomic E-state index is 0.190. The van der Waals surface area contributed by atoms with Crippen LogP contribution in [0.1, 0.15) is 16.7 Å². The summed E-state index contributed by atoms with van der Waals surface area (Å²) < 4.78 is 21.1. The Balaban J connectivity index is 1.12. The molecule has 0 saturated carbocycles. The molecule has 5 heterocycles. The molecule has 4 aromatic heterocycles. The van der Waals surface area contributed by atoms with Gasteiger partial charge >= 0.3 is 17.5 Å². The zero-order valence-corrected chi connectivity index (χ0v) is 34.9. The van der Waals surface area contributed by atoms with Crippen LogP contribution in [-0.4, -0.2) is 11.9 Å². The van der Waals surface area contributed by atoms with Crippen LogP contribution in [0.15, 0.2) is 150 Å². The fraction of sp³-hybridized carbons (Fsp3) is 0.0638. The average Bonchev–Trinajstić information content (AvgIpc) is 4.13. The Morgan fingerprint density at radius 1 is 0.516 bits per heavy atom. The molecule has 10 aromatic rings. The first-order chi connectivity index (χ1) is 30.2. The van der Waals surface area contributed by atoms with Crippen molar-refractivity contribution < 1.29 is 23.8 Å². The van der Waals surface area contributed by atoms with Crippen molar-refractivity contribution in [3.05, 3.63) is 190 Å². The summed E-state index contributed by atoms with van der Waals surface area (Å²) in [6.45, 7) is -0.380. The number of carbonyl (C=O) groups excluding carboxylic acids is 2. The molecule has 6 aromatic carbocycles. The number of hydrogen-bond acceptors (Lipinski definition) is 15. The van der Waals surface area contributed by atoms with E-state index in [1.807, 2.05) is 12.1 Å². The van der Waals surface area contributed by atoms with Crippen LogP contribution < -0.4 is 37.2 Å². The van der Waals surface area contributed by atoms with Gasteiger partial charge in [-0.1, -0.05) is 109 Å². The van der Waals surface area contributed by atoms with E-state index in [4.69, 9.17) is 14.2 Å². The van der Waals surface area contributed by atoms with Gasteiger partial charge in [0.15, 0.2) is 16.5 Å². The normalized spacial score (nSPS) is 13.0. The first-order valence-corrected chi connectivity index (χ1v) is 22.2. The lowest BCUT2D eigenvalue weighted by molar-refractivity contribution is -0.183. The fourth-order valence-corrected chi connectivity index (χ4v) is 12.8. The smallest absolute Gasteiger partial charge is 0.367 e. The van der Waals surface area contributed by atoms with Crippen molar-refractivity contribution in [3.63, 3.8) is 0 Å². The summed E-state index contributed by atoms with van der Waals surface area (Å²) in [4.78, 5) is 93.4. The minimum atomic E-state index is -2.52. The predicted octanol–water partition coefficient (Wildman–Crippen LogP) is 7.94. The van der Waals surface area contributed by atoms with E-state index in [9.17, 15) is 28.8 Å². The number of carbonyl (C=O) groups is 2. The number of benzene rings is 4. The summed E-state index contributed by atoms with van der Waals surface area (Å²) in [5.41, 5.74) is -2.91. The maximum Gasteiger partial charge on any atom is 0.367 e. The lowest BCUT2D eigenvalue weighted by Gasteiger charge is -2.33. The third kappa shape index (κ3) is 5.88. The number of thiophene rings is 4. The Morgan fingerprint density at radius 2 is 0.919 bits per heavy atom. The van der Waals surface area contributed by atoms with Gasteiger partial charge in [-0.3, -0.25) is 19.2 Å². The maximum absolute atomic E-state index is 15.0. The van der Waals surface area contributed by atoms with Crippen molar-refractivity contribution in [2.24, 2.45) is 9.98 Å². The molecular formula is C47H24N2O9S4. The molecule has 0 unspecified atom stereocenters. The molecule has 0 saturated heterocycles. The quantitative estimate of drug-likeness (QED) is 0.109. The van der Waals surface area contributed by atoms with E-state index >= 15 is 0 Å². The van der Waals surface area contributed by atoms with Gasteiger partial charge < -0.3 is 14.2 Å². The number of nitrogens with zero attached hydrogens (tertiary/aromatic N) is 2. The van der Waals surface area contributed by atoms with Gasteiger partial charge in [0.1, 0.15) is 23.2 Å². The predicted molar refractivity (Wildman–Crippen MR) is 241 cm³/mol. The summed E-state index contributed by atoms with van der Waals surface area (Å²) in [5.74, 6) is -1.84. The van der Waals surface area contributed by atoms with Gasteiger partial charge in [0.2, 0.25) is 21.7 Å². The molecule has 300 valence electrons. The van der Waals surface area contributed by atoms with Gasteiger partial charge in [0, 0.05) is 26.2 Å². The molecule has 0 bridgehead atoms. The van der Waals surface area contributed by atoms with Crippen molar-refractivity contribution >= 4 is 108 Å². The van der Waals surface area contributed by atoms with E-state index in [0.717, 1.165) is 22.7 Å². The molecule has 0 amide bonds. The molecule has 1 aliphatic rings. The fourth-order valence-electron chi connectivity index (χ4n) is 7.69. The lowest BCUT2D eigenvalue weighted by Crippen LogP contribution is -2.52. The van der Waals surface area contributed by atoms with E-state index in [2.05, 4.69) is 9.98 Å². The highest BCUT2D eigenvalue weighted by atomic mass is 32.1. The molecule has 0 N–H and O–H groups in total. The summed E-state index contributed by atoms with van der Waals surface area (Å²) >= 11 is 4.88. The number of esters is 2. The van der Waals surface area contributed by atoms with E-state index in [-0.39, 0.29) is 56.8 Å². The van der Waals surface area contributed by atoms with E-state index in [1.165, 1.54) is 22.7 Å². The number of rotatable bonds is 8. The molecule has 15 heteroatoms. The monoisotopic (exact) mass is 888 g/mol. The molecule has 62 heavy (non-hydrogen) atoms. The van der Waals surface area contributed by atoms with Crippen molar-refractivity contribution in [2.75, 3.05) is 0 Å². The highest BCUT2D eigenvalue weighted by Gasteiger charge is 2.60.